The average molecular weight is 301 g/mol. The van der Waals surface area contributed by atoms with Crippen LogP contribution in [0.2, 0.25) is 0 Å². The fraction of sp³-hybridized carbons (Fsp3) is 0.100. The molecule has 0 unspecified atom stereocenters. The highest BCUT2D eigenvalue weighted by atomic mass is 32.2. The number of benzene rings is 1. The Morgan fingerprint density at radius 1 is 1.40 bits per heavy atom. The van der Waals surface area contributed by atoms with Gasteiger partial charge in [-0.2, -0.15) is 4.39 Å². The smallest absolute Gasteiger partial charge is 0.324 e. The first-order chi connectivity index (χ1) is 9.42. The Morgan fingerprint density at radius 2 is 2.15 bits per heavy atom. The van der Waals surface area contributed by atoms with Crippen molar-refractivity contribution in [3.63, 3.8) is 0 Å². The van der Waals surface area contributed by atoms with Crippen LogP contribution in [0.3, 0.4) is 0 Å². The molecule has 0 radical (unpaired) electrons. The van der Waals surface area contributed by atoms with E-state index >= 15 is 0 Å². The largest absolute Gasteiger partial charge is 0.364 e. The maximum Gasteiger partial charge on any atom is 0.324 e. The van der Waals surface area contributed by atoms with Crippen LogP contribution in [0, 0.1) is 15.9 Å². The van der Waals surface area contributed by atoms with Gasteiger partial charge in [0.1, 0.15) is 6.26 Å². The third-order valence-corrected chi connectivity index (χ3v) is 3.79. The standard InChI is InChI=1S/C10H8FN3O5S/c11-8-2-1-3-9(10(8)14(15)16)20(17,18)12-6-7-4-5-19-13-7/h1-5,12H,6H2. The van der Waals surface area contributed by atoms with E-state index in [-0.39, 0.29) is 12.2 Å². The van der Waals surface area contributed by atoms with E-state index in [2.05, 4.69) is 14.4 Å². The lowest BCUT2D eigenvalue weighted by molar-refractivity contribution is -0.390. The number of nitrogens with zero attached hydrogens (tertiary/aromatic N) is 2. The number of aromatic nitrogens is 1. The number of sulfonamides is 1. The topological polar surface area (TPSA) is 115 Å². The van der Waals surface area contributed by atoms with Gasteiger partial charge in [0, 0.05) is 6.07 Å². The van der Waals surface area contributed by atoms with Crippen LogP contribution in [0.1, 0.15) is 5.69 Å². The van der Waals surface area contributed by atoms with Crippen LogP contribution < -0.4 is 4.72 Å². The zero-order chi connectivity index (χ0) is 14.8. The Hall–Kier alpha value is -2.33. The lowest BCUT2D eigenvalue weighted by Gasteiger charge is -2.06. The summed E-state index contributed by atoms with van der Waals surface area (Å²) in [5.41, 5.74) is -0.812. The van der Waals surface area contributed by atoms with Crippen molar-refractivity contribution in [2.45, 2.75) is 11.4 Å². The molecule has 10 heteroatoms. The second-order valence-electron chi connectivity index (χ2n) is 3.66. The highest BCUT2D eigenvalue weighted by Crippen LogP contribution is 2.26. The number of nitrogens with one attached hydrogen (secondary N) is 1. The van der Waals surface area contributed by atoms with Gasteiger partial charge in [-0.1, -0.05) is 11.2 Å². The molecular formula is C10H8FN3O5S. The van der Waals surface area contributed by atoms with E-state index in [9.17, 15) is 22.9 Å². The quantitative estimate of drug-likeness (QED) is 0.655. The predicted molar refractivity (Wildman–Crippen MR) is 63.6 cm³/mol. The number of para-hydroxylation sites is 1. The van der Waals surface area contributed by atoms with Gasteiger partial charge in [-0.05, 0) is 12.1 Å². The molecule has 0 aliphatic carbocycles. The summed E-state index contributed by atoms with van der Waals surface area (Å²) in [5.74, 6) is -1.22. The van der Waals surface area contributed by atoms with Crippen LogP contribution in [0.4, 0.5) is 10.1 Å². The zero-order valence-corrected chi connectivity index (χ0v) is 10.6. The van der Waals surface area contributed by atoms with E-state index in [1.54, 1.807) is 0 Å². The maximum absolute atomic E-state index is 13.4. The van der Waals surface area contributed by atoms with Crippen molar-refractivity contribution in [3.05, 3.63) is 52.2 Å². The molecule has 1 N–H and O–H groups in total. The molecular weight excluding hydrogens is 293 g/mol. The summed E-state index contributed by atoms with van der Waals surface area (Å²) in [4.78, 5) is 8.94. The minimum absolute atomic E-state index is 0.230. The lowest BCUT2D eigenvalue weighted by atomic mass is 10.3. The fourth-order valence-corrected chi connectivity index (χ4v) is 2.64. The molecule has 106 valence electrons. The van der Waals surface area contributed by atoms with E-state index < -0.39 is 31.3 Å². The first-order valence-corrected chi connectivity index (χ1v) is 6.72. The maximum atomic E-state index is 13.4. The van der Waals surface area contributed by atoms with Crippen molar-refractivity contribution < 1.29 is 22.3 Å². The number of nitro benzene ring substituents is 1. The van der Waals surface area contributed by atoms with Crippen LogP contribution in [0.5, 0.6) is 0 Å². The lowest BCUT2D eigenvalue weighted by Crippen LogP contribution is -2.24. The molecule has 0 atom stereocenters. The van der Waals surface area contributed by atoms with Crippen LogP contribution in [0.25, 0.3) is 0 Å². The van der Waals surface area contributed by atoms with Crippen LogP contribution in [0.15, 0.2) is 39.9 Å². The summed E-state index contributed by atoms with van der Waals surface area (Å²) in [6.07, 6.45) is 1.24. The van der Waals surface area contributed by atoms with E-state index in [0.29, 0.717) is 0 Å². The molecule has 0 fully saturated rings. The minimum Gasteiger partial charge on any atom is -0.364 e. The van der Waals surface area contributed by atoms with Crippen molar-refractivity contribution >= 4 is 15.7 Å². The van der Waals surface area contributed by atoms with Crippen molar-refractivity contribution in [2.24, 2.45) is 0 Å². The molecule has 2 rings (SSSR count). The van der Waals surface area contributed by atoms with Gasteiger partial charge in [0.05, 0.1) is 17.2 Å². The summed E-state index contributed by atoms with van der Waals surface area (Å²) in [6, 6.07) is 4.26. The Kier molecular flexibility index (Phi) is 3.77. The summed E-state index contributed by atoms with van der Waals surface area (Å²) in [6.45, 7) is -0.230. The summed E-state index contributed by atoms with van der Waals surface area (Å²) in [5, 5.41) is 14.2. The summed E-state index contributed by atoms with van der Waals surface area (Å²) >= 11 is 0. The van der Waals surface area contributed by atoms with Crippen LogP contribution in [-0.4, -0.2) is 18.5 Å². The second-order valence-corrected chi connectivity index (χ2v) is 5.39. The molecule has 0 aliphatic heterocycles. The van der Waals surface area contributed by atoms with E-state index in [1.807, 2.05) is 0 Å². The minimum atomic E-state index is -4.25. The van der Waals surface area contributed by atoms with E-state index in [1.165, 1.54) is 12.3 Å². The van der Waals surface area contributed by atoms with Gasteiger partial charge in [-0.15, -0.1) is 0 Å². The predicted octanol–water partition coefficient (Wildman–Crippen LogP) is 1.20. The molecule has 0 spiro atoms. The van der Waals surface area contributed by atoms with Crippen molar-refractivity contribution in [2.75, 3.05) is 0 Å². The molecule has 0 aliphatic rings. The molecule has 1 heterocycles. The van der Waals surface area contributed by atoms with Gasteiger partial charge in [-0.3, -0.25) is 10.1 Å². The van der Waals surface area contributed by atoms with Crippen LogP contribution in [-0.2, 0) is 16.6 Å². The van der Waals surface area contributed by atoms with Gasteiger partial charge in [0.15, 0.2) is 4.90 Å². The molecule has 1 aromatic carbocycles. The normalized spacial score (nSPS) is 11.4. The molecule has 2 aromatic rings. The number of hydrogen-bond donors (Lipinski definition) is 1. The molecule has 0 bridgehead atoms. The highest BCUT2D eigenvalue weighted by molar-refractivity contribution is 7.89. The van der Waals surface area contributed by atoms with Gasteiger partial charge in [0.25, 0.3) is 0 Å². The zero-order valence-electron chi connectivity index (χ0n) is 9.82. The van der Waals surface area contributed by atoms with E-state index in [4.69, 9.17) is 0 Å². The van der Waals surface area contributed by atoms with Gasteiger partial charge in [-0.25, -0.2) is 13.1 Å². The van der Waals surface area contributed by atoms with Gasteiger partial charge < -0.3 is 4.52 Å². The summed E-state index contributed by atoms with van der Waals surface area (Å²) < 4.78 is 43.9. The first kappa shape index (κ1) is 14.1. The third kappa shape index (κ3) is 2.81. The first-order valence-electron chi connectivity index (χ1n) is 5.23. The van der Waals surface area contributed by atoms with Crippen molar-refractivity contribution in [1.82, 2.24) is 9.88 Å². The average Bonchev–Trinajstić information content (AvgIpc) is 2.89. The molecule has 0 saturated heterocycles. The Bertz CT molecular complexity index is 729. The van der Waals surface area contributed by atoms with Gasteiger partial charge in [0.2, 0.25) is 15.8 Å². The fourth-order valence-electron chi connectivity index (χ4n) is 1.47. The number of halogens is 1. The Balaban J connectivity index is 2.34. The van der Waals surface area contributed by atoms with Crippen LogP contribution >= 0.6 is 0 Å². The Labute approximate surface area is 112 Å². The Morgan fingerprint density at radius 3 is 2.75 bits per heavy atom. The monoisotopic (exact) mass is 301 g/mol. The molecule has 0 saturated carbocycles. The number of nitro groups is 1. The van der Waals surface area contributed by atoms with Gasteiger partial charge >= 0.3 is 5.69 Å². The van der Waals surface area contributed by atoms with Crippen molar-refractivity contribution in [3.8, 4) is 0 Å². The molecule has 8 nitrogen and oxygen atoms in total. The molecule has 1 aromatic heterocycles. The van der Waals surface area contributed by atoms with E-state index in [0.717, 1.165) is 18.2 Å². The summed E-state index contributed by atoms with van der Waals surface area (Å²) in [7, 11) is -4.25. The second kappa shape index (κ2) is 5.35. The number of rotatable bonds is 5. The molecule has 20 heavy (non-hydrogen) atoms. The van der Waals surface area contributed by atoms with Crippen molar-refractivity contribution in [1.29, 1.82) is 0 Å². The molecule has 0 amide bonds. The third-order valence-electron chi connectivity index (χ3n) is 2.36. The SMILES string of the molecule is O=[N+]([O-])c1c(F)cccc1S(=O)(=O)NCc1ccon1. The number of hydrogen-bond acceptors (Lipinski definition) is 6. The highest BCUT2D eigenvalue weighted by Gasteiger charge is 2.29.